The zero-order chi connectivity index (χ0) is 32.5. The number of unbranched alkanes of at least 4 members (excludes halogenated alkanes) is 1. The van der Waals surface area contributed by atoms with E-state index in [0.29, 0.717) is 43.6 Å². The van der Waals surface area contributed by atoms with Crippen LogP contribution >= 0.6 is 0 Å². The molecule has 1 aliphatic heterocycles. The van der Waals surface area contributed by atoms with Crippen LogP contribution in [-0.2, 0) is 21.4 Å². The number of benzene rings is 3. The summed E-state index contributed by atoms with van der Waals surface area (Å²) in [7, 11) is 0. The van der Waals surface area contributed by atoms with Crippen molar-refractivity contribution in [2.75, 3.05) is 39.3 Å². The summed E-state index contributed by atoms with van der Waals surface area (Å²) in [6.07, 6.45) is -4.23. The zero-order valence-electron chi connectivity index (χ0n) is 23.9. The summed E-state index contributed by atoms with van der Waals surface area (Å²) >= 11 is 0. The Bertz CT molecular complexity index is 1530. The van der Waals surface area contributed by atoms with Gasteiger partial charge in [-0.15, -0.1) is 0 Å². The zero-order valence-corrected chi connectivity index (χ0v) is 23.9. The maximum absolute atomic E-state index is 14.0. The molecule has 3 aromatic carbocycles. The van der Waals surface area contributed by atoms with Gasteiger partial charge < -0.3 is 10.2 Å². The van der Waals surface area contributed by atoms with Crippen LogP contribution < -0.4 is 5.32 Å². The van der Waals surface area contributed by atoms with E-state index in [-0.39, 0.29) is 19.5 Å². The van der Waals surface area contributed by atoms with Crippen molar-refractivity contribution >= 4 is 11.8 Å². The van der Waals surface area contributed by atoms with Gasteiger partial charge in [0.15, 0.2) is 23.3 Å². The van der Waals surface area contributed by atoms with Crippen LogP contribution in [0.3, 0.4) is 0 Å². The van der Waals surface area contributed by atoms with Gasteiger partial charge >= 0.3 is 6.18 Å². The molecule has 13 heteroatoms. The number of hydrogen-bond acceptors (Lipinski definition) is 3. The summed E-state index contributed by atoms with van der Waals surface area (Å²) in [6, 6.07) is 14.4. The van der Waals surface area contributed by atoms with Gasteiger partial charge in [0.05, 0.1) is 6.42 Å². The Morgan fingerprint density at radius 2 is 1.24 bits per heavy atom. The molecule has 5 nitrogen and oxygen atoms in total. The number of amides is 2. The van der Waals surface area contributed by atoms with E-state index in [2.05, 4.69) is 5.32 Å². The molecule has 2 amide bonds. The smallest absolute Gasteiger partial charge is 0.346 e. The van der Waals surface area contributed by atoms with Crippen molar-refractivity contribution in [1.29, 1.82) is 0 Å². The first-order valence-electron chi connectivity index (χ1n) is 14.4. The summed E-state index contributed by atoms with van der Waals surface area (Å²) in [5.74, 6) is -12.1. The number of nitrogens with one attached hydrogen (secondary N) is 1. The summed E-state index contributed by atoms with van der Waals surface area (Å²) in [6.45, 7) is 0.184. The third-order valence-electron chi connectivity index (χ3n) is 8.53. The number of carbonyl (C=O) groups excluding carboxylic acids is 2. The van der Waals surface area contributed by atoms with Gasteiger partial charge in [0.25, 0.3) is 0 Å². The minimum absolute atomic E-state index is 0.165. The number of nitrogens with zero attached hydrogens (tertiary/aromatic N) is 2. The average molecular weight is 640 g/mol. The van der Waals surface area contributed by atoms with Gasteiger partial charge in [0.2, 0.25) is 17.6 Å². The van der Waals surface area contributed by atoms with Crippen molar-refractivity contribution < 1.29 is 44.7 Å². The summed E-state index contributed by atoms with van der Waals surface area (Å²) in [5, 5.41) is 2.11. The fourth-order valence-corrected chi connectivity index (χ4v) is 6.30. The van der Waals surface area contributed by atoms with Crippen molar-refractivity contribution in [3.63, 3.8) is 0 Å². The van der Waals surface area contributed by atoms with Gasteiger partial charge in [0.1, 0.15) is 12.0 Å². The lowest BCUT2D eigenvalue weighted by Crippen LogP contribution is -2.49. The second-order valence-electron chi connectivity index (χ2n) is 11.2. The molecule has 1 fully saturated rings. The monoisotopic (exact) mass is 639 g/mol. The molecule has 240 valence electrons. The molecular formula is C32H29F8N3O2. The van der Waals surface area contributed by atoms with Crippen LogP contribution in [0.4, 0.5) is 35.1 Å². The normalized spacial score (nSPS) is 16.0. The van der Waals surface area contributed by atoms with Crippen molar-refractivity contribution in [2.24, 2.45) is 0 Å². The minimum atomic E-state index is -4.58. The summed E-state index contributed by atoms with van der Waals surface area (Å²) < 4.78 is 108. The number of hydrogen-bond donors (Lipinski definition) is 1. The molecule has 0 aromatic heterocycles. The van der Waals surface area contributed by atoms with E-state index >= 15 is 0 Å². The topological polar surface area (TPSA) is 52.7 Å². The number of rotatable bonds is 9. The fourth-order valence-electron chi connectivity index (χ4n) is 6.30. The molecule has 1 saturated heterocycles. The maximum atomic E-state index is 14.0. The van der Waals surface area contributed by atoms with Crippen LogP contribution in [0.1, 0.15) is 36.0 Å². The second-order valence-corrected chi connectivity index (χ2v) is 11.2. The van der Waals surface area contributed by atoms with Crippen LogP contribution in [0, 0.1) is 29.1 Å². The molecule has 0 atom stereocenters. The second kappa shape index (κ2) is 12.8. The Hall–Kier alpha value is -4.00. The quantitative estimate of drug-likeness (QED) is 0.138. The highest BCUT2D eigenvalue weighted by molar-refractivity contribution is 6.00. The minimum Gasteiger partial charge on any atom is -0.346 e. The van der Waals surface area contributed by atoms with Crippen molar-refractivity contribution in [1.82, 2.24) is 15.1 Å². The van der Waals surface area contributed by atoms with Gasteiger partial charge in [-0.2, -0.15) is 13.2 Å². The highest BCUT2D eigenvalue weighted by Gasteiger charge is 2.49. The Morgan fingerprint density at radius 3 is 1.78 bits per heavy atom. The highest BCUT2D eigenvalue weighted by atomic mass is 19.4. The largest absolute Gasteiger partial charge is 0.405 e. The predicted molar refractivity (Wildman–Crippen MR) is 149 cm³/mol. The molecule has 0 saturated carbocycles. The van der Waals surface area contributed by atoms with Gasteiger partial charge in [-0.1, -0.05) is 55.0 Å². The fraction of sp³-hybridized carbons (Fsp3) is 0.375. The lowest BCUT2D eigenvalue weighted by atomic mass is 9.73. The standard InChI is InChI=1S/C32H29F8N3O2/c33-25-21(26(34)28(36)29(37)27(25)35)17-24(44)43-15-13-42(14-16-43)12-6-5-11-31(30(45)41-18-32(38,39)40)22-9-3-1-7-19(22)20-8-2-4-10-23(20)31/h1-4,7-10H,5-6,11-18H2,(H,41,45). The van der Waals surface area contributed by atoms with E-state index in [4.69, 9.17) is 0 Å². The maximum Gasteiger partial charge on any atom is 0.405 e. The number of alkyl halides is 3. The lowest BCUT2D eigenvalue weighted by Gasteiger charge is -2.35. The molecule has 1 N–H and O–H groups in total. The van der Waals surface area contributed by atoms with Gasteiger partial charge in [0, 0.05) is 31.7 Å². The van der Waals surface area contributed by atoms with Crippen LogP contribution in [0.5, 0.6) is 0 Å². The third-order valence-corrected chi connectivity index (χ3v) is 8.53. The van der Waals surface area contributed by atoms with Crippen molar-refractivity contribution in [3.8, 4) is 11.1 Å². The van der Waals surface area contributed by atoms with Crippen molar-refractivity contribution in [3.05, 3.63) is 94.3 Å². The van der Waals surface area contributed by atoms with Gasteiger partial charge in [-0.25, -0.2) is 22.0 Å². The SMILES string of the molecule is O=C(Cc1c(F)c(F)c(F)c(F)c1F)N1CCN(CCCCC2(C(=O)NCC(F)(F)F)c3ccccc3-c3ccccc32)CC1. The first kappa shape index (κ1) is 32.4. The first-order chi connectivity index (χ1) is 21.3. The van der Waals surface area contributed by atoms with Gasteiger partial charge in [-0.05, 0) is 41.6 Å². The molecular weight excluding hydrogens is 610 g/mol. The molecule has 0 spiro atoms. The first-order valence-corrected chi connectivity index (χ1v) is 14.4. The van der Waals surface area contributed by atoms with Crippen molar-refractivity contribution in [2.45, 2.75) is 37.3 Å². The molecule has 1 heterocycles. The van der Waals surface area contributed by atoms with E-state index in [0.717, 1.165) is 11.1 Å². The Labute approximate surface area is 253 Å². The van der Waals surface area contributed by atoms with Crippen LogP contribution in [0.2, 0.25) is 0 Å². The lowest BCUT2D eigenvalue weighted by molar-refractivity contribution is -0.141. The summed E-state index contributed by atoms with van der Waals surface area (Å²) in [4.78, 5) is 29.5. The molecule has 0 unspecified atom stereocenters. The molecule has 5 rings (SSSR count). The third kappa shape index (κ3) is 6.27. The van der Waals surface area contributed by atoms with Crippen LogP contribution in [0.15, 0.2) is 48.5 Å². The number of halogens is 8. The van der Waals surface area contributed by atoms with E-state index in [1.54, 1.807) is 24.3 Å². The molecule has 1 aliphatic carbocycles. The van der Waals surface area contributed by atoms with Crippen LogP contribution in [-0.4, -0.2) is 67.1 Å². The molecule has 0 radical (unpaired) electrons. The number of piperazine rings is 1. The molecule has 0 bridgehead atoms. The molecule has 45 heavy (non-hydrogen) atoms. The Kier molecular flexibility index (Phi) is 9.20. The Morgan fingerprint density at radius 1 is 0.733 bits per heavy atom. The van der Waals surface area contributed by atoms with E-state index in [9.17, 15) is 44.7 Å². The van der Waals surface area contributed by atoms with E-state index in [1.807, 2.05) is 29.2 Å². The van der Waals surface area contributed by atoms with Crippen LogP contribution in [0.25, 0.3) is 11.1 Å². The number of fused-ring (bicyclic) bond motifs is 3. The highest BCUT2D eigenvalue weighted by Crippen LogP contribution is 2.51. The summed E-state index contributed by atoms with van der Waals surface area (Å²) in [5.41, 5.74) is 0.387. The average Bonchev–Trinajstić information content (AvgIpc) is 3.32. The predicted octanol–water partition coefficient (Wildman–Crippen LogP) is 5.88. The molecule has 3 aromatic rings. The molecule has 2 aliphatic rings. The van der Waals surface area contributed by atoms with E-state index < -0.39 is 71.0 Å². The van der Waals surface area contributed by atoms with Gasteiger partial charge in [-0.3, -0.25) is 14.5 Å². The van der Waals surface area contributed by atoms with E-state index in [1.165, 1.54) is 4.90 Å². The number of carbonyl (C=O) groups is 2. The Balaban J connectivity index is 1.21.